The average molecular weight is 288 g/mol. The molecular formula is C14H19Cl2NO. The zero-order valence-corrected chi connectivity index (χ0v) is 11.9. The molecular weight excluding hydrogens is 269 g/mol. The van der Waals surface area contributed by atoms with Crippen LogP contribution >= 0.6 is 23.2 Å². The third-order valence-electron chi connectivity index (χ3n) is 3.63. The number of hydrogen-bond acceptors (Lipinski definition) is 2. The van der Waals surface area contributed by atoms with E-state index in [0.717, 1.165) is 12.1 Å². The highest BCUT2D eigenvalue weighted by atomic mass is 35.5. The van der Waals surface area contributed by atoms with Crippen LogP contribution in [0.1, 0.15) is 31.2 Å². The van der Waals surface area contributed by atoms with Crippen molar-refractivity contribution in [2.75, 3.05) is 13.2 Å². The SMILES string of the molecule is OCCN(Cc1cccc(Cl)c1Cl)C1CCCC1. The maximum Gasteiger partial charge on any atom is 0.0637 e. The molecule has 0 saturated heterocycles. The average Bonchev–Trinajstić information content (AvgIpc) is 2.88. The predicted octanol–water partition coefficient (Wildman–Crippen LogP) is 3.73. The van der Waals surface area contributed by atoms with Gasteiger partial charge in [0.15, 0.2) is 0 Å². The highest BCUT2D eigenvalue weighted by molar-refractivity contribution is 6.42. The lowest BCUT2D eigenvalue weighted by atomic mass is 10.1. The van der Waals surface area contributed by atoms with E-state index in [-0.39, 0.29) is 6.61 Å². The van der Waals surface area contributed by atoms with E-state index < -0.39 is 0 Å². The second-order valence-electron chi connectivity index (χ2n) is 4.85. The molecule has 1 aromatic rings. The van der Waals surface area contributed by atoms with Gasteiger partial charge in [-0.1, -0.05) is 48.2 Å². The molecule has 18 heavy (non-hydrogen) atoms. The van der Waals surface area contributed by atoms with Crippen LogP contribution in [0.15, 0.2) is 18.2 Å². The minimum atomic E-state index is 0.189. The Kier molecular flexibility index (Phi) is 5.31. The lowest BCUT2D eigenvalue weighted by Gasteiger charge is -2.28. The van der Waals surface area contributed by atoms with Crippen LogP contribution in [0, 0.1) is 0 Å². The first-order chi connectivity index (χ1) is 8.72. The van der Waals surface area contributed by atoms with Crippen LogP contribution in [-0.4, -0.2) is 29.2 Å². The summed E-state index contributed by atoms with van der Waals surface area (Å²) in [5.41, 5.74) is 1.05. The summed E-state index contributed by atoms with van der Waals surface area (Å²) in [6, 6.07) is 6.31. The van der Waals surface area contributed by atoms with Crippen LogP contribution in [0.2, 0.25) is 10.0 Å². The van der Waals surface area contributed by atoms with E-state index in [2.05, 4.69) is 4.90 Å². The number of aliphatic hydroxyl groups excluding tert-OH is 1. The summed E-state index contributed by atoms with van der Waals surface area (Å²) in [6.07, 6.45) is 5.02. The normalized spacial score (nSPS) is 16.7. The van der Waals surface area contributed by atoms with Crippen LogP contribution in [-0.2, 0) is 6.54 Å². The second-order valence-corrected chi connectivity index (χ2v) is 5.63. The summed E-state index contributed by atoms with van der Waals surface area (Å²) in [4.78, 5) is 2.32. The van der Waals surface area contributed by atoms with Gasteiger partial charge >= 0.3 is 0 Å². The molecule has 2 rings (SSSR count). The molecule has 0 atom stereocenters. The Morgan fingerprint density at radius 3 is 2.61 bits per heavy atom. The maximum atomic E-state index is 9.20. The van der Waals surface area contributed by atoms with E-state index in [1.54, 1.807) is 6.07 Å². The minimum Gasteiger partial charge on any atom is -0.395 e. The van der Waals surface area contributed by atoms with Crippen molar-refractivity contribution in [1.82, 2.24) is 4.90 Å². The molecule has 1 fully saturated rings. The molecule has 1 saturated carbocycles. The van der Waals surface area contributed by atoms with Gasteiger partial charge in [-0.05, 0) is 24.5 Å². The summed E-state index contributed by atoms with van der Waals surface area (Å²) >= 11 is 12.3. The van der Waals surface area contributed by atoms with Crippen molar-refractivity contribution in [3.8, 4) is 0 Å². The van der Waals surface area contributed by atoms with Crippen LogP contribution in [0.5, 0.6) is 0 Å². The molecule has 1 aromatic carbocycles. The van der Waals surface area contributed by atoms with Gasteiger partial charge in [0.1, 0.15) is 0 Å². The van der Waals surface area contributed by atoms with Gasteiger partial charge in [0.2, 0.25) is 0 Å². The fourth-order valence-electron chi connectivity index (χ4n) is 2.68. The Balaban J connectivity index is 2.10. The maximum absolute atomic E-state index is 9.20. The number of benzene rings is 1. The summed E-state index contributed by atoms with van der Waals surface area (Å²) in [7, 11) is 0. The number of halogens is 2. The van der Waals surface area contributed by atoms with Gasteiger partial charge in [-0.2, -0.15) is 0 Å². The van der Waals surface area contributed by atoms with Crippen molar-refractivity contribution in [1.29, 1.82) is 0 Å². The Labute approximate surface area is 119 Å². The molecule has 0 bridgehead atoms. The first-order valence-corrected chi connectivity index (χ1v) is 7.25. The van der Waals surface area contributed by atoms with Crippen LogP contribution in [0.4, 0.5) is 0 Å². The predicted molar refractivity (Wildman–Crippen MR) is 76.2 cm³/mol. The van der Waals surface area contributed by atoms with Crippen molar-refractivity contribution >= 4 is 23.2 Å². The van der Waals surface area contributed by atoms with E-state index in [1.165, 1.54) is 25.7 Å². The number of nitrogens with zero attached hydrogens (tertiary/aromatic N) is 1. The van der Waals surface area contributed by atoms with Gasteiger partial charge in [-0.25, -0.2) is 0 Å². The number of rotatable bonds is 5. The monoisotopic (exact) mass is 287 g/mol. The molecule has 2 nitrogen and oxygen atoms in total. The van der Waals surface area contributed by atoms with Crippen molar-refractivity contribution < 1.29 is 5.11 Å². The summed E-state index contributed by atoms with van der Waals surface area (Å²) in [5.74, 6) is 0. The molecule has 0 spiro atoms. The van der Waals surface area contributed by atoms with Gasteiger partial charge in [0.05, 0.1) is 16.7 Å². The van der Waals surface area contributed by atoms with Crippen LogP contribution in [0.25, 0.3) is 0 Å². The molecule has 0 heterocycles. The molecule has 100 valence electrons. The van der Waals surface area contributed by atoms with E-state index >= 15 is 0 Å². The molecule has 1 aliphatic rings. The molecule has 0 aromatic heterocycles. The van der Waals surface area contributed by atoms with Gasteiger partial charge in [-0.3, -0.25) is 4.90 Å². The Hall–Kier alpha value is -0.280. The van der Waals surface area contributed by atoms with E-state index in [9.17, 15) is 5.11 Å². The van der Waals surface area contributed by atoms with Crippen LogP contribution in [0.3, 0.4) is 0 Å². The number of aliphatic hydroxyl groups is 1. The molecule has 0 unspecified atom stereocenters. The van der Waals surface area contributed by atoms with Crippen LogP contribution < -0.4 is 0 Å². The molecule has 4 heteroatoms. The molecule has 1 N–H and O–H groups in total. The lowest BCUT2D eigenvalue weighted by molar-refractivity contribution is 0.145. The highest BCUT2D eigenvalue weighted by Crippen LogP contribution is 2.29. The first kappa shape index (κ1) is 14.1. The minimum absolute atomic E-state index is 0.189. The van der Waals surface area contributed by atoms with Gasteiger partial charge in [0.25, 0.3) is 0 Å². The quantitative estimate of drug-likeness (QED) is 0.892. The summed E-state index contributed by atoms with van der Waals surface area (Å²) < 4.78 is 0. The zero-order valence-electron chi connectivity index (χ0n) is 10.4. The molecule has 0 amide bonds. The first-order valence-electron chi connectivity index (χ1n) is 6.50. The van der Waals surface area contributed by atoms with Crippen molar-refractivity contribution in [2.24, 2.45) is 0 Å². The standard InChI is InChI=1S/C14H19Cl2NO/c15-13-7-3-4-11(14(13)16)10-17(8-9-18)12-5-1-2-6-12/h3-4,7,12,18H,1-2,5-6,8-10H2. The van der Waals surface area contributed by atoms with Crippen molar-refractivity contribution in [2.45, 2.75) is 38.3 Å². The summed E-state index contributed by atoms with van der Waals surface area (Å²) in [6.45, 7) is 1.66. The Morgan fingerprint density at radius 2 is 1.94 bits per heavy atom. The fraction of sp³-hybridized carbons (Fsp3) is 0.571. The van der Waals surface area contributed by atoms with E-state index in [1.807, 2.05) is 12.1 Å². The highest BCUT2D eigenvalue weighted by Gasteiger charge is 2.22. The van der Waals surface area contributed by atoms with Gasteiger partial charge < -0.3 is 5.11 Å². The molecule has 1 aliphatic carbocycles. The van der Waals surface area contributed by atoms with E-state index in [4.69, 9.17) is 23.2 Å². The number of hydrogen-bond donors (Lipinski definition) is 1. The molecule has 0 radical (unpaired) electrons. The third kappa shape index (κ3) is 3.39. The van der Waals surface area contributed by atoms with Crippen molar-refractivity contribution in [3.05, 3.63) is 33.8 Å². The fourth-order valence-corrected chi connectivity index (χ4v) is 3.06. The van der Waals surface area contributed by atoms with E-state index in [0.29, 0.717) is 22.6 Å². The molecule has 0 aliphatic heterocycles. The Bertz CT molecular complexity index is 391. The topological polar surface area (TPSA) is 23.5 Å². The van der Waals surface area contributed by atoms with Gasteiger partial charge in [-0.15, -0.1) is 0 Å². The zero-order chi connectivity index (χ0) is 13.0. The largest absolute Gasteiger partial charge is 0.395 e. The Morgan fingerprint density at radius 1 is 1.22 bits per heavy atom. The lowest BCUT2D eigenvalue weighted by Crippen LogP contribution is -2.35. The van der Waals surface area contributed by atoms with Gasteiger partial charge in [0, 0.05) is 19.1 Å². The second kappa shape index (κ2) is 6.76. The summed E-state index contributed by atoms with van der Waals surface area (Å²) in [5, 5.41) is 10.4. The smallest absolute Gasteiger partial charge is 0.0637 e. The third-order valence-corrected chi connectivity index (χ3v) is 4.49. The van der Waals surface area contributed by atoms with Crippen molar-refractivity contribution in [3.63, 3.8) is 0 Å².